The van der Waals surface area contributed by atoms with E-state index in [0.29, 0.717) is 17.8 Å². The molecule has 3 rings (SSSR count). The van der Waals surface area contributed by atoms with E-state index in [1.165, 1.54) is 12.3 Å². The third-order valence-electron chi connectivity index (χ3n) is 4.11. The third kappa shape index (κ3) is 5.25. The Morgan fingerprint density at radius 3 is 2.41 bits per heavy atom. The minimum absolute atomic E-state index is 0.200. The zero-order valence-electron chi connectivity index (χ0n) is 15.1. The van der Waals surface area contributed by atoms with Crippen molar-refractivity contribution in [3.63, 3.8) is 0 Å². The summed E-state index contributed by atoms with van der Waals surface area (Å²) in [7, 11) is 0. The number of rotatable bonds is 6. The number of amides is 2. The zero-order chi connectivity index (χ0) is 19.1. The van der Waals surface area contributed by atoms with Gasteiger partial charge in [-0.15, -0.1) is 0 Å². The molecule has 2 N–H and O–H groups in total. The van der Waals surface area contributed by atoms with Crippen molar-refractivity contribution in [1.82, 2.24) is 10.3 Å². The van der Waals surface area contributed by atoms with Crippen LogP contribution in [-0.4, -0.2) is 23.3 Å². The molecule has 0 fully saturated rings. The van der Waals surface area contributed by atoms with Crippen LogP contribution < -0.4 is 10.6 Å². The molecule has 0 saturated carbocycles. The maximum atomic E-state index is 12.4. The van der Waals surface area contributed by atoms with Gasteiger partial charge in [0, 0.05) is 24.0 Å². The molecule has 0 atom stereocenters. The molecule has 5 heteroatoms. The third-order valence-corrected chi connectivity index (χ3v) is 4.11. The van der Waals surface area contributed by atoms with Gasteiger partial charge in [-0.3, -0.25) is 14.6 Å². The van der Waals surface area contributed by atoms with Crippen molar-refractivity contribution >= 4 is 17.5 Å². The van der Waals surface area contributed by atoms with Gasteiger partial charge in [0.15, 0.2) is 0 Å². The Bertz CT molecular complexity index is 922. The van der Waals surface area contributed by atoms with Crippen LogP contribution in [0.25, 0.3) is 0 Å². The number of anilines is 1. The number of aryl methyl sites for hydroxylation is 1. The summed E-state index contributed by atoms with van der Waals surface area (Å²) in [5.41, 5.74) is 3.56. The predicted octanol–water partition coefficient (Wildman–Crippen LogP) is 3.61. The molecule has 2 amide bonds. The highest BCUT2D eigenvalue weighted by Crippen LogP contribution is 2.11. The van der Waals surface area contributed by atoms with E-state index in [1.807, 2.05) is 61.5 Å². The van der Waals surface area contributed by atoms with Crippen molar-refractivity contribution in [1.29, 1.82) is 0 Å². The fourth-order valence-corrected chi connectivity index (χ4v) is 2.60. The van der Waals surface area contributed by atoms with Crippen molar-refractivity contribution < 1.29 is 9.59 Å². The molecule has 1 aromatic heterocycles. The van der Waals surface area contributed by atoms with Gasteiger partial charge in [0.05, 0.1) is 0 Å². The number of nitrogens with zero attached hydrogens (tertiary/aromatic N) is 1. The van der Waals surface area contributed by atoms with Crippen LogP contribution in [0.5, 0.6) is 0 Å². The molecule has 0 unspecified atom stereocenters. The highest BCUT2D eigenvalue weighted by Gasteiger charge is 2.12. The van der Waals surface area contributed by atoms with E-state index in [1.54, 1.807) is 6.07 Å². The van der Waals surface area contributed by atoms with Crippen LogP contribution in [0.2, 0.25) is 0 Å². The Kier molecular flexibility index (Phi) is 5.94. The van der Waals surface area contributed by atoms with Crippen LogP contribution in [0, 0.1) is 6.92 Å². The van der Waals surface area contributed by atoms with Gasteiger partial charge in [-0.05, 0) is 43.2 Å². The van der Waals surface area contributed by atoms with E-state index in [9.17, 15) is 9.59 Å². The lowest BCUT2D eigenvalue weighted by molar-refractivity contribution is 0.0954. The Hall–Kier alpha value is -3.47. The normalized spacial score (nSPS) is 10.3. The molecule has 27 heavy (non-hydrogen) atoms. The summed E-state index contributed by atoms with van der Waals surface area (Å²) in [5.74, 6) is -0.574. The molecule has 0 saturated heterocycles. The summed E-state index contributed by atoms with van der Waals surface area (Å²) in [5, 5.41) is 5.65. The number of pyridine rings is 1. The molecule has 0 radical (unpaired) electrons. The maximum absolute atomic E-state index is 12.4. The Morgan fingerprint density at radius 2 is 1.67 bits per heavy atom. The van der Waals surface area contributed by atoms with Gasteiger partial charge >= 0.3 is 0 Å². The lowest BCUT2D eigenvalue weighted by atomic mass is 10.1. The monoisotopic (exact) mass is 359 g/mol. The summed E-state index contributed by atoms with van der Waals surface area (Å²) in [6.45, 7) is 2.50. The highest BCUT2D eigenvalue weighted by molar-refractivity contribution is 6.04. The van der Waals surface area contributed by atoms with E-state index >= 15 is 0 Å². The summed E-state index contributed by atoms with van der Waals surface area (Å²) < 4.78 is 0. The molecule has 3 aromatic rings. The number of carbonyl (C=O) groups excluding carboxylic acids is 2. The van der Waals surface area contributed by atoms with Crippen LogP contribution in [0.1, 0.15) is 32.0 Å². The quantitative estimate of drug-likeness (QED) is 0.706. The second kappa shape index (κ2) is 8.76. The van der Waals surface area contributed by atoms with Gasteiger partial charge in [0.25, 0.3) is 11.8 Å². The van der Waals surface area contributed by atoms with Gasteiger partial charge in [-0.25, -0.2) is 0 Å². The van der Waals surface area contributed by atoms with Crippen molar-refractivity contribution in [2.24, 2.45) is 0 Å². The summed E-state index contributed by atoms with van der Waals surface area (Å²) in [4.78, 5) is 28.8. The van der Waals surface area contributed by atoms with Crippen LogP contribution in [0.15, 0.2) is 72.9 Å². The number of aromatic nitrogens is 1. The SMILES string of the molecule is Cc1ccc(NC(=O)c2cc(C(=O)NCCc3ccccc3)ccn2)cc1. The fourth-order valence-electron chi connectivity index (χ4n) is 2.60. The molecule has 0 aliphatic heterocycles. The first kappa shape index (κ1) is 18.3. The molecule has 0 aliphatic rings. The van der Waals surface area contributed by atoms with E-state index in [2.05, 4.69) is 15.6 Å². The summed E-state index contributed by atoms with van der Waals surface area (Å²) >= 11 is 0. The molecular weight excluding hydrogens is 338 g/mol. The first-order valence-corrected chi connectivity index (χ1v) is 8.78. The van der Waals surface area contributed by atoms with Crippen LogP contribution >= 0.6 is 0 Å². The van der Waals surface area contributed by atoms with Crippen molar-refractivity contribution in [2.45, 2.75) is 13.3 Å². The topological polar surface area (TPSA) is 71.1 Å². The summed E-state index contributed by atoms with van der Waals surface area (Å²) in [6, 6.07) is 20.5. The van der Waals surface area contributed by atoms with E-state index in [4.69, 9.17) is 0 Å². The molecule has 0 bridgehead atoms. The molecular formula is C22H21N3O2. The standard InChI is InChI=1S/C22H21N3O2/c1-16-7-9-19(10-8-16)25-22(27)20-15-18(12-14-23-20)21(26)24-13-11-17-5-3-2-4-6-17/h2-10,12,14-15H,11,13H2,1H3,(H,24,26)(H,25,27). The van der Waals surface area contributed by atoms with Crippen LogP contribution in [0.3, 0.4) is 0 Å². The van der Waals surface area contributed by atoms with Crippen LogP contribution in [0.4, 0.5) is 5.69 Å². The van der Waals surface area contributed by atoms with Crippen molar-refractivity contribution in [2.75, 3.05) is 11.9 Å². The maximum Gasteiger partial charge on any atom is 0.274 e. The van der Waals surface area contributed by atoms with Gasteiger partial charge in [0.2, 0.25) is 0 Å². The molecule has 0 spiro atoms. The van der Waals surface area contributed by atoms with Crippen molar-refractivity contribution in [3.05, 3.63) is 95.3 Å². The highest BCUT2D eigenvalue weighted by atomic mass is 16.2. The Balaban J connectivity index is 1.59. The largest absolute Gasteiger partial charge is 0.352 e. The van der Waals surface area contributed by atoms with Gasteiger partial charge < -0.3 is 10.6 Å². The minimum Gasteiger partial charge on any atom is -0.352 e. The fraction of sp³-hybridized carbons (Fsp3) is 0.136. The summed E-state index contributed by atoms with van der Waals surface area (Å²) in [6.07, 6.45) is 2.22. The van der Waals surface area contributed by atoms with Gasteiger partial charge in [0.1, 0.15) is 5.69 Å². The average molecular weight is 359 g/mol. The predicted molar refractivity (Wildman–Crippen MR) is 106 cm³/mol. The molecule has 2 aromatic carbocycles. The lowest BCUT2D eigenvalue weighted by Gasteiger charge is -2.08. The number of hydrogen-bond donors (Lipinski definition) is 2. The number of nitrogens with one attached hydrogen (secondary N) is 2. The molecule has 136 valence electrons. The first-order chi connectivity index (χ1) is 13.1. The smallest absolute Gasteiger partial charge is 0.274 e. The van der Waals surface area contributed by atoms with Gasteiger partial charge in [-0.1, -0.05) is 48.0 Å². The van der Waals surface area contributed by atoms with Crippen molar-refractivity contribution in [3.8, 4) is 0 Å². The Morgan fingerprint density at radius 1 is 0.926 bits per heavy atom. The number of hydrogen-bond acceptors (Lipinski definition) is 3. The molecule has 1 heterocycles. The number of benzene rings is 2. The minimum atomic E-state index is -0.349. The molecule has 0 aliphatic carbocycles. The van der Waals surface area contributed by atoms with Gasteiger partial charge in [-0.2, -0.15) is 0 Å². The van der Waals surface area contributed by atoms with E-state index < -0.39 is 0 Å². The second-order valence-corrected chi connectivity index (χ2v) is 6.24. The van der Waals surface area contributed by atoms with E-state index in [-0.39, 0.29) is 17.5 Å². The van der Waals surface area contributed by atoms with Crippen LogP contribution in [-0.2, 0) is 6.42 Å². The first-order valence-electron chi connectivity index (χ1n) is 8.78. The zero-order valence-corrected chi connectivity index (χ0v) is 15.1. The second-order valence-electron chi connectivity index (χ2n) is 6.24. The molecule has 5 nitrogen and oxygen atoms in total. The lowest BCUT2D eigenvalue weighted by Crippen LogP contribution is -2.26. The van der Waals surface area contributed by atoms with E-state index in [0.717, 1.165) is 17.5 Å². The average Bonchev–Trinajstić information content (AvgIpc) is 2.70. The Labute approximate surface area is 158 Å². The number of carbonyl (C=O) groups is 2.